The lowest BCUT2D eigenvalue weighted by atomic mass is 9.72. The molecular formula is C15H29NO. The van der Waals surface area contributed by atoms with Crippen LogP contribution in [0.15, 0.2) is 0 Å². The van der Waals surface area contributed by atoms with E-state index in [0.717, 1.165) is 6.42 Å². The maximum atomic E-state index is 9.51. The predicted molar refractivity (Wildman–Crippen MR) is 72.0 cm³/mol. The van der Waals surface area contributed by atoms with Crippen LogP contribution in [-0.2, 0) is 0 Å². The van der Waals surface area contributed by atoms with Crippen molar-refractivity contribution in [2.24, 2.45) is 11.3 Å². The molecule has 1 aliphatic heterocycles. The molecule has 1 saturated heterocycles. The van der Waals surface area contributed by atoms with Gasteiger partial charge in [0.25, 0.3) is 0 Å². The van der Waals surface area contributed by atoms with Gasteiger partial charge >= 0.3 is 0 Å². The smallest absolute Gasteiger partial charge is 0.0586 e. The van der Waals surface area contributed by atoms with Gasteiger partial charge in [-0.3, -0.25) is 4.90 Å². The number of rotatable bonds is 4. The molecule has 100 valence electrons. The van der Waals surface area contributed by atoms with Gasteiger partial charge in [0.05, 0.1) is 6.61 Å². The zero-order valence-electron chi connectivity index (χ0n) is 11.6. The second-order valence-corrected chi connectivity index (χ2v) is 6.79. The van der Waals surface area contributed by atoms with Crippen molar-refractivity contribution in [2.75, 3.05) is 19.7 Å². The molecule has 1 aliphatic carbocycles. The Kier molecular flexibility index (Phi) is 4.48. The molecule has 1 unspecified atom stereocenters. The summed E-state index contributed by atoms with van der Waals surface area (Å²) in [5.41, 5.74) is 0.640. The number of likely N-dealkylation sites (tertiary alicyclic amines) is 1. The number of hydrogen-bond acceptors (Lipinski definition) is 2. The van der Waals surface area contributed by atoms with Gasteiger partial charge in [0.2, 0.25) is 0 Å². The molecular weight excluding hydrogens is 210 g/mol. The highest BCUT2D eigenvalue weighted by atomic mass is 16.3. The zero-order valence-corrected chi connectivity index (χ0v) is 11.6. The van der Waals surface area contributed by atoms with Crippen molar-refractivity contribution in [3.05, 3.63) is 0 Å². The molecule has 0 bridgehead atoms. The zero-order chi connectivity index (χ0) is 12.3. The molecule has 1 atom stereocenters. The molecule has 0 aromatic rings. The van der Waals surface area contributed by atoms with Crippen molar-refractivity contribution in [2.45, 2.75) is 64.8 Å². The van der Waals surface area contributed by atoms with Crippen LogP contribution in [0.5, 0.6) is 0 Å². The molecule has 0 amide bonds. The van der Waals surface area contributed by atoms with E-state index in [0.29, 0.717) is 24.0 Å². The number of aliphatic hydroxyl groups is 1. The summed E-state index contributed by atoms with van der Waals surface area (Å²) in [5, 5.41) is 9.51. The van der Waals surface area contributed by atoms with Crippen LogP contribution < -0.4 is 0 Å². The van der Waals surface area contributed by atoms with Crippen molar-refractivity contribution in [3.8, 4) is 0 Å². The minimum Gasteiger partial charge on any atom is -0.395 e. The number of hydrogen-bond donors (Lipinski definition) is 1. The first-order valence-electron chi connectivity index (χ1n) is 7.50. The molecule has 1 heterocycles. The Morgan fingerprint density at radius 3 is 2.12 bits per heavy atom. The SMILES string of the molecule is CC(C)CC(CO)N1CC2(CCCCCC2)C1. The first-order valence-corrected chi connectivity index (χ1v) is 7.50. The van der Waals surface area contributed by atoms with Crippen molar-refractivity contribution < 1.29 is 5.11 Å². The summed E-state index contributed by atoms with van der Waals surface area (Å²) in [6.45, 7) is 7.36. The monoisotopic (exact) mass is 239 g/mol. The minimum atomic E-state index is 0.342. The topological polar surface area (TPSA) is 23.5 Å². The average molecular weight is 239 g/mol. The summed E-state index contributed by atoms with van der Waals surface area (Å²) < 4.78 is 0. The van der Waals surface area contributed by atoms with Crippen LogP contribution in [0.3, 0.4) is 0 Å². The molecule has 1 spiro atoms. The van der Waals surface area contributed by atoms with Gasteiger partial charge in [-0.25, -0.2) is 0 Å². The normalized spacial score (nSPS) is 26.8. The molecule has 0 aromatic heterocycles. The van der Waals surface area contributed by atoms with Gasteiger partial charge in [0, 0.05) is 19.1 Å². The molecule has 2 fully saturated rings. The van der Waals surface area contributed by atoms with Gasteiger partial charge in [0.15, 0.2) is 0 Å². The molecule has 2 aliphatic rings. The van der Waals surface area contributed by atoms with E-state index >= 15 is 0 Å². The van der Waals surface area contributed by atoms with Crippen molar-refractivity contribution in [1.82, 2.24) is 4.90 Å². The van der Waals surface area contributed by atoms with Crippen LogP contribution in [0.2, 0.25) is 0 Å². The second-order valence-electron chi connectivity index (χ2n) is 6.79. The summed E-state index contributed by atoms with van der Waals surface area (Å²) in [6, 6.07) is 0.420. The van der Waals surface area contributed by atoms with Crippen LogP contribution in [0, 0.1) is 11.3 Å². The predicted octanol–water partition coefficient (Wildman–Crippen LogP) is 3.05. The Balaban J connectivity index is 1.83. The second kappa shape index (κ2) is 5.71. The molecule has 1 saturated carbocycles. The number of aliphatic hydroxyl groups excluding tert-OH is 1. The summed E-state index contributed by atoms with van der Waals surface area (Å²) in [5.74, 6) is 0.692. The Labute approximate surface area is 106 Å². The van der Waals surface area contributed by atoms with Crippen LogP contribution in [0.1, 0.15) is 58.8 Å². The summed E-state index contributed by atoms with van der Waals surface area (Å²) in [7, 11) is 0. The molecule has 0 radical (unpaired) electrons. The fourth-order valence-electron chi connectivity index (χ4n) is 3.75. The lowest BCUT2D eigenvalue weighted by Crippen LogP contribution is -2.60. The van der Waals surface area contributed by atoms with Crippen molar-refractivity contribution in [3.63, 3.8) is 0 Å². The lowest BCUT2D eigenvalue weighted by molar-refractivity contribution is -0.0598. The van der Waals surface area contributed by atoms with Crippen molar-refractivity contribution in [1.29, 1.82) is 0 Å². The van der Waals surface area contributed by atoms with Crippen LogP contribution in [0.4, 0.5) is 0 Å². The highest BCUT2D eigenvalue weighted by molar-refractivity contribution is 4.98. The third-order valence-corrected chi connectivity index (χ3v) is 4.71. The molecule has 2 nitrogen and oxygen atoms in total. The van der Waals surface area contributed by atoms with Crippen LogP contribution in [-0.4, -0.2) is 35.7 Å². The van der Waals surface area contributed by atoms with E-state index in [1.165, 1.54) is 51.6 Å². The third-order valence-electron chi connectivity index (χ3n) is 4.71. The lowest BCUT2D eigenvalue weighted by Gasteiger charge is -2.53. The van der Waals surface area contributed by atoms with Gasteiger partial charge in [-0.2, -0.15) is 0 Å². The largest absolute Gasteiger partial charge is 0.395 e. The van der Waals surface area contributed by atoms with E-state index in [-0.39, 0.29) is 0 Å². The fraction of sp³-hybridized carbons (Fsp3) is 1.00. The summed E-state index contributed by atoms with van der Waals surface area (Å²) in [4.78, 5) is 2.53. The quantitative estimate of drug-likeness (QED) is 0.815. The van der Waals surface area contributed by atoms with E-state index < -0.39 is 0 Å². The number of nitrogens with zero attached hydrogens (tertiary/aromatic N) is 1. The average Bonchev–Trinajstić information content (AvgIpc) is 2.49. The standard InChI is InChI=1S/C15H29NO/c1-13(2)9-14(10-17)16-11-15(12-16)7-5-3-4-6-8-15/h13-14,17H,3-12H2,1-2H3. The van der Waals surface area contributed by atoms with E-state index in [9.17, 15) is 5.11 Å². The molecule has 17 heavy (non-hydrogen) atoms. The van der Waals surface area contributed by atoms with Crippen LogP contribution >= 0.6 is 0 Å². The Morgan fingerprint density at radius 1 is 1.06 bits per heavy atom. The maximum absolute atomic E-state index is 9.51. The molecule has 1 N–H and O–H groups in total. The Bertz CT molecular complexity index is 223. The van der Waals surface area contributed by atoms with E-state index in [2.05, 4.69) is 18.7 Å². The summed E-state index contributed by atoms with van der Waals surface area (Å²) in [6.07, 6.45) is 9.76. The fourth-order valence-corrected chi connectivity index (χ4v) is 3.75. The van der Waals surface area contributed by atoms with E-state index in [1.54, 1.807) is 0 Å². The third kappa shape index (κ3) is 3.23. The maximum Gasteiger partial charge on any atom is 0.0586 e. The van der Waals surface area contributed by atoms with E-state index in [1.807, 2.05) is 0 Å². The van der Waals surface area contributed by atoms with Crippen LogP contribution in [0.25, 0.3) is 0 Å². The highest BCUT2D eigenvalue weighted by Gasteiger charge is 2.44. The van der Waals surface area contributed by atoms with Gasteiger partial charge in [0.1, 0.15) is 0 Å². The first kappa shape index (κ1) is 13.4. The molecule has 0 aromatic carbocycles. The van der Waals surface area contributed by atoms with Crippen molar-refractivity contribution >= 4 is 0 Å². The highest BCUT2D eigenvalue weighted by Crippen LogP contribution is 2.43. The minimum absolute atomic E-state index is 0.342. The van der Waals surface area contributed by atoms with Gasteiger partial charge < -0.3 is 5.11 Å². The Hall–Kier alpha value is -0.0800. The van der Waals surface area contributed by atoms with E-state index in [4.69, 9.17) is 0 Å². The van der Waals surface area contributed by atoms with Gasteiger partial charge in [-0.15, -0.1) is 0 Å². The van der Waals surface area contributed by atoms with Gasteiger partial charge in [-0.05, 0) is 30.6 Å². The van der Waals surface area contributed by atoms with Gasteiger partial charge in [-0.1, -0.05) is 39.5 Å². The molecule has 2 rings (SSSR count). The summed E-state index contributed by atoms with van der Waals surface area (Å²) >= 11 is 0. The first-order chi connectivity index (χ1) is 8.15. The molecule has 2 heteroatoms. The Morgan fingerprint density at radius 2 is 1.65 bits per heavy atom.